The van der Waals surface area contributed by atoms with Crippen molar-refractivity contribution in [3.05, 3.63) is 0 Å². The Morgan fingerprint density at radius 2 is 1.88 bits per heavy atom. The standard InChI is InChI=1S/C14H28N2O/c1-3-5-10-16(11-6-4-2)14(17)12-13-8-7-9-15-13/h13,15H,3-12H2,1-2H3. The van der Waals surface area contributed by atoms with Crippen LogP contribution in [0.15, 0.2) is 0 Å². The van der Waals surface area contributed by atoms with E-state index < -0.39 is 0 Å². The van der Waals surface area contributed by atoms with Crippen LogP contribution >= 0.6 is 0 Å². The van der Waals surface area contributed by atoms with Crippen molar-refractivity contribution < 1.29 is 4.79 Å². The zero-order chi connectivity index (χ0) is 12.5. The Bertz CT molecular complexity index is 204. The first-order valence-corrected chi connectivity index (χ1v) is 7.29. The minimum atomic E-state index is 0.353. The number of rotatable bonds is 8. The van der Waals surface area contributed by atoms with Crippen molar-refractivity contribution in [3.63, 3.8) is 0 Å². The van der Waals surface area contributed by atoms with E-state index in [9.17, 15) is 4.79 Å². The summed E-state index contributed by atoms with van der Waals surface area (Å²) in [7, 11) is 0. The van der Waals surface area contributed by atoms with Crippen molar-refractivity contribution in [2.45, 2.75) is 64.8 Å². The molecule has 3 heteroatoms. The molecule has 1 unspecified atom stereocenters. The Morgan fingerprint density at radius 3 is 2.35 bits per heavy atom. The van der Waals surface area contributed by atoms with E-state index in [4.69, 9.17) is 0 Å². The minimum absolute atomic E-state index is 0.353. The van der Waals surface area contributed by atoms with Gasteiger partial charge in [0.05, 0.1) is 0 Å². The molecule has 1 saturated heterocycles. The van der Waals surface area contributed by atoms with Gasteiger partial charge in [0, 0.05) is 25.6 Å². The summed E-state index contributed by atoms with van der Waals surface area (Å²) in [4.78, 5) is 14.3. The molecule has 0 aromatic carbocycles. The minimum Gasteiger partial charge on any atom is -0.343 e. The number of nitrogens with one attached hydrogen (secondary N) is 1. The third-order valence-electron chi connectivity index (χ3n) is 3.50. The molecule has 1 rings (SSSR count). The van der Waals surface area contributed by atoms with Gasteiger partial charge in [-0.3, -0.25) is 4.79 Å². The van der Waals surface area contributed by atoms with Crippen molar-refractivity contribution in [1.82, 2.24) is 10.2 Å². The lowest BCUT2D eigenvalue weighted by molar-refractivity contribution is -0.131. The molecule has 1 N–H and O–H groups in total. The summed E-state index contributed by atoms with van der Waals surface area (Å²) in [5.41, 5.74) is 0. The lowest BCUT2D eigenvalue weighted by atomic mass is 10.1. The maximum atomic E-state index is 12.2. The van der Waals surface area contributed by atoms with Crippen LogP contribution in [0.4, 0.5) is 0 Å². The molecule has 0 aliphatic carbocycles. The van der Waals surface area contributed by atoms with Crippen LogP contribution in [-0.2, 0) is 4.79 Å². The zero-order valence-corrected chi connectivity index (χ0v) is 11.5. The van der Waals surface area contributed by atoms with Crippen LogP contribution in [-0.4, -0.2) is 36.5 Å². The molecular formula is C14H28N2O. The average molecular weight is 240 g/mol. The fourth-order valence-electron chi connectivity index (χ4n) is 2.33. The van der Waals surface area contributed by atoms with Gasteiger partial charge < -0.3 is 10.2 Å². The molecule has 0 bridgehead atoms. The molecule has 0 radical (unpaired) electrons. The summed E-state index contributed by atoms with van der Waals surface area (Å²) in [5, 5.41) is 3.41. The Balaban J connectivity index is 2.34. The molecule has 3 nitrogen and oxygen atoms in total. The quantitative estimate of drug-likeness (QED) is 0.707. The number of hydrogen-bond donors (Lipinski definition) is 1. The normalized spacial score (nSPS) is 19.5. The van der Waals surface area contributed by atoms with Gasteiger partial charge in [-0.1, -0.05) is 26.7 Å². The maximum Gasteiger partial charge on any atom is 0.224 e. The topological polar surface area (TPSA) is 32.3 Å². The lowest BCUT2D eigenvalue weighted by Gasteiger charge is -2.24. The van der Waals surface area contributed by atoms with Gasteiger partial charge >= 0.3 is 0 Å². The lowest BCUT2D eigenvalue weighted by Crippen LogP contribution is -2.37. The van der Waals surface area contributed by atoms with Gasteiger partial charge in [0.2, 0.25) is 5.91 Å². The highest BCUT2D eigenvalue weighted by Crippen LogP contribution is 2.11. The number of amides is 1. The number of carbonyl (C=O) groups excluding carboxylic acids is 1. The Labute approximate surface area is 106 Å². The molecule has 1 aliphatic rings. The van der Waals surface area contributed by atoms with Gasteiger partial charge in [-0.2, -0.15) is 0 Å². The third kappa shape index (κ3) is 5.53. The first-order valence-electron chi connectivity index (χ1n) is 7.29. The van der Waals surface area contributed by atoms with E-state index in [1.807, 2.05) is 0 Å². The third-order valence-corrected chi connectivity index (χ3v) is 3.50. The highest BCUT2D eigenvalue weighted by Gasteiger charge is 2.20. The van der Waals surface area contributed by atoms with Crippen molar-refractivity contribution in [2.75, 3.05) is 19.6 Å². The smallest absolute Gasteiger partial charge is 0.224 e. The second-order valence-electron chi connectivity index (χ2n) is 5.09. The van der Waals surface area contributed by atoms with Gasteiger partial charge in [-0.15, -0.1) is 0 Å². The molecule has 1 heterocycles. The first-order chi connectivity index (χ1) is 8.27. The van der Waals surface area contributed by atoms with Gasteiger partial charge in [0.25, 0.3) is 0 Å². The Morgan fingerprint density at radius 1 is 1.24 bits per heavy atom. The fraction of sp³-hybridized carbons (Fsp3) is 0.929. The summed E-state index contributed by atoms with van der Waals surface area (Å²) >= 11 is 0. The van der Waals surface area contributed by atoms with E-state index in [2.05, 4.69) is 24.1 Å². The first kappa shape index (κ1) is 14.5. The van der Waals surface area contributed by atoms with E-state index in [-0.39, 0.29) is 0 Å². The summed E-state index contributed by atoms with van der Waals surface area (Å²) in [6, 6.07) is 0.438. The van der Waals surface area contributed by atoms with Crippen LogP contribution in [0.3, 0.4) is 0 Å². The van der Waals surface area contributed by atoms with Crippen LogP contribution < -0.4 is 5.32 Å². The van der Waals surface area contributed by atoms with Gasteiger partial charge in [-0.05, 0) is 32.2 Å². The molecule has 0 spiro atoms. The molecule has 100 valence electrons. The largest absolute Gasteiger partial charge is 0.343 e. The van der Waals surface area contributed by atoms with E-state index >= 15 is 0 Å². The second kappa shape index (κ2) is 8.51. The summed E-state index contributed by atoms with van der Waals surface area (Å²) in [6.07, 6.45) is 7.69. The molecule has 0 aromatic rings. The highest BCUT2D eigenvalue weighted by atomic mass is 16.2. The molecule has 0 saturated carbocycles. The summed E-state index contributed by atoms with van der Waals surface area (Å²) in [6.45, 7) is 7.34. The van der Waals surface area contributed by atoms with Gasteiger partial charge in [0.15, 0.2) is 0 Å². The van der Waals surface area contributed by atoms with Crippen LogP contribution in [0, 0.1) is 0 Å². The second-order valence-corrected chi connectivity index (χ2v) is 5.09. The van der Waals surface area contributed by atoms with Gasteiger partial charge in [0.1, 0.15) is 0 Å². The number of carbonyl (C=O) groups is 1. The maximum absolute atomic E-state index is 12.2. The molecule has 1 atom stereocenters. The van der Waals surface area contributed by atoms with E-state index in [1.54, 1.807) is 0 Å². The van der Waals surface area contributed by atoms with Crippen molar-refractivity contribution in [3.8, 4) is 0 Å². The summed E-state index contributed by atoms with van der Waals surface area (Å²) < 4.78 is 0. The van der Waals surface area contributed by atoms with E-state index in [1.165, 1.54) is 12.8 Å². The average Bonchev–Trinajstić information content (AvgIpc) is 2.82. The van der Waals surface area contributed by atoms with Crippen molar-refractivity contribution in [1.29, 1.82) is 0 Å². The Hall–Kier alpha value is -0.570. The predicted octanol–water partition coefficient (Wildman–Crippen LogP) is 2.56. The SMILES string of the molecule is CCCCN(CCCC)C(=O)CC1CCCN1. The fourth-order valence-corrected chi connectivity index (χ4v) is 2.33. The molecule has 1 aliphatic heterocycles. The van der Waals surface area contributed by atoms with E-state index in [0.29, 0.717) is 18.4 Å². The number of hydrogen-bond acceptors (Lipinski definition) is 2. The van der Waals surface area contributed by atoms with E-state index in [0.717, 1.165) is 45.3 Å². The highest BCUT2D eigenvalue weighted by molar-refractivity contribution is 5.76. The molecule has 0 aromatic heterocycles. The van der Waals surface area contributed by atoms with Gasteiger partial charge in [-0.25, -0.2) is 0 Å². The predicted molar refractivity (Wildman–Crippen MR) is 72.0 cm³/mol. The molecule has 1 amide bonds. The van der Waals surface area contributed by atoms with Crippen LogP contribution in [0.25, 0.3) is 0 Å². The summed E-state index contributed by atoms with van der Waals surface area (Å²) in [5.74, 6) is 0.353. The van der Waals surface area contributed by atoms with Crippen molar-refractivity contribution >= 4 is 5.91 Å². The molecule has 1 fully saturated rings. The van der Waals surface area contributed by atoms with Crippen molar-refractivity contribution in [2.24, 2.45) is 0 Å². The Kier molecular flexibility index (Phi) is 7.25. The zero-order valence-electron chi connectivity index (χ0n) is 11.5. The van der Waals surface area contributed by atoms with Crippen LogP contribution in [0.5, 0.6) is 0 Å². The van der Waals surface area contributed by atoms with Crippen LogP contribution in [0.1, 0.15) is 58.8 Å². The number of nitrogens with zero attached hydrogens (tertiary/aromatic N) is 1. The number of unbranched alkanes of at least 4 members (excludes halogenated alkanes) is 2. The van der Waals surface area contributed by atoms with Crippen LogP contribution in [0.2, 0.25) is 0 Å². The molecular weight excluding hydrogens is 212 g/mol. The monoisotopic (exact) mass is 240 g/mol. The molecule has 17 heavy (non-hydrogen) atoms.